The number of carbonyl (C=O) groups excluding carboxylic acids is 1. The van der Waals surface area contributed by atoms with Crippen molar-refractivity contribution in [3.63, 3.8) is 0 Å². The molecule has 1 rings (SSSR count). The van der Waals surface area contributed by atoms with Crippen molar-refractivity contribution < 1.29 is 19.8 Å². The van der Waals surface area contributed by atoms with Crippen molar-refractivity contribution in [3.8, 4) is 5.75 Å². The van der Waals surface area contributed by atoms with E-state index in [9.17, 15) is 14.7 Å². The summed E-state index contributed by atoms with van der Waals surface area (Å²) in [6.07, 6.45) is 1.29. The third-order valence-electron chi connectivity index (χ3n) is 2.74. The largest absolute Gasteiger partial charge is 0.507 e. The van der Waals surface area contributed by atoms with Gasteiger partial charge in [0, 0.05) is 12.1 Å². The van der Waals surface area contributed by atoms with E-state index in [4.69, 9.17) is 5.11 Å². The van der Waals surface area contributed by atoms with E-state index in [1.165, 1.54) is 18.2 Å². The third-order valence-corrected chi connectivity index (χ3v) is 2.74. The van der Waals surface area contributed by atoms with Crippen LogP contribution in [0.2, 0.25) is 0 Å². The Hall–Kier alpha value is -2.04. The molecule has 18 heavy (non-hydrogen) atoms. The number of benzene rings is 1. The van der Waals surface area contributed by atoms with E-state index >= 15 is 0 Å². The van der Waals surface area contributed by atoms with Crippen molar-refractivity contribution in [2.24, 2.45) is 5.92 Å². The standard InChI is InChI=1S/C13H17NO4/c1-3-8(2)6-12(16)14-9-4-5-11(15)10(7-9)13(17)18/h4-5,7-8,15H,3,6H2,1-2H3,(H,14,16)(H,17,18). The Morgan fingerprint density at radius 1 is 1.39 bits per heavy atom. The minimum atomic E-state index is -1.23. The summed E-state index contributed by atoms with van der Waals surface area (Å²) in [5.74, 6) is -1.43. The maximum absolute atomic E-state index is 11.6. The molecule has 1 unspecified atom stereocenters. The Bertz CT molecular complexity index is 456. The Morgan fingerprint density at radius 3 is 2.61 bits per heavy atom. The maximum Gasteiger partial charge on any atom is 0.339 e. The van der Waals surface area contributed by atoms with E-state index in [1.807, 2.05) is 13.8 Å². The lowest BCUT2D eigenvalue weighted by Crippen LogP contribution is -2.15. The van der Waals surface area contributed by atoms with E-state index in [-0.39, 0.29) is 23.1 Å². The number of hydrogen-bond donors (Lipinski definition) is 3. The fourth-order valence-electron chi connectivity index (χ4n) is 1.46. The topological polar surface area (TPSA) is 86.6 Å². The molecule has 0 aliphatic rings. The van der Waals surface area contributed by atoms with Gasteiger partial charge in [0.1, 0.15) is 11.3 Å². The first-order valence-electron chi connectivity index (χ1n) is 5.80. The van der Waals surface area contributed by atoms with E-state index in [1.54, 1.807) is 0 Å². The van der Waals surface area contributed by atoms with E-state index in [0.717, 1.165) is 6.42 Å². The predicted molar refractivity (Wildman–Crippen MR) is 67.8 cm³/mol. The van der Waals surface area contributed by atoms with Crippen LogP contribution in [-0.4, -0.2) is 22.1 Å². The van der Waals surface area contributed by atoms with Crippen molar-refractivity contribution >= 4 is 17.6 Å². The Balaban J connectivity index is 2.76. The summed E-state index contributed by atoms with van der Waals surface area (Å²) >= 11 is 0. The number of amides is 1. The van der Waals surface area contributed by atoms with Crippen LogP contribution in [0.5, 0.6) is 5.75 Å². The lowest BCUT2D eigenvalue weighted by Gasteiger charge is -2.10. The average molecular weight is 251 g/mol. The van der Waals surface area contributed by atoms with Gasteiger partial charge in [-0.3, -0.25) is 4.79 Å². The van der Waals surface area contributed by atoms with Gasteiger partial charge in [0.15, 0.2) is 0 Å². The number of carbonyl (C=O) groups is 2. The monoisotopic (exact) mass is 251 g/mol. The average Bonchev–Trinajstić information content (AvgIpc) is 2.31. The first-order valence-corrected chi connectivity index (χ1v) is 5.80. The minimum Gasteiger partial charge on any atom is -0.507 e. The number of hydrogen-bond acceptors (Lipinski definition) is 3. The van der Waals surface area contributed by atoms with Crippen LogP contribution in [0, 0.1) is 5.92 Å². The van der Waals surface area contributed by atoms with Crippen LogP contribution in [0.15, 0.2) is 18.2 Å². The van der Waals surface area contributed by atoms with Gasteiger partial charge < -0.3 is 15.5 Å². The summed E-state index contributed by atoms with van der Waals surface area (Å²) in [7, 11) is 0. The van der Waals surface area contributed by atoms with Gasteiger partial charge in [0.25, 0.3) is 0 Å². The lowest BCUT2D eigenvalue weighted by molar-refractivity contribution is -0.117. The molecule has 0 saturated heterocycles. The van der Waals surface area contributed by atoms with E-state index in [0.29, 0.717) is 12.1 Å². The zero-order valence-corrected chi connectivity index (χ0v) is 10.4. The summed E-state index contributed by atoms with van der Waals surface area (Å²) in [4.78, 5) is 22.4. The van der Waals surface area contributed by atoms with Crippen molar-refractivity contribution in [3.05, 3.63) is 23.8 Å². The molecule has 1 atom stereocenters. The van der Waals surface area contributed by atoms with Crippen LogP contribution in [0.1, 0.15) is 37.0 Å². The second kappa shape index (κ2) is 6.05. The molecule has 0 aliphatic heterocycles. The molecule has 0 aromatic heterocycles. The molecular formula is C13H17NO4. The number of rotatable bonds is 5. The van der Waals surface area contributed by atoms with Gasteiger partial charge in [-0.2, -0.15) is 0 Å². The predicted octanol–water partition coefficient (Wildman–Crippen LogP) is 2.47. The molecule has 3 N–H and O–H groups in total. The molecule has 5 heteroatoms. The lowest BCUT2D eigenvalue weighted by atomic mass is 10.0. The smallest absolute Gasteiger partial charge is 0.339 e. The van der Waals surface area contributed by atoms with Crippen LogP contribution >= 0.6 is 0 Å². The SMILES string of the molecule is CCC(C)CC(=O)Nc1ccc(O)c(C(=O)O)c1. The molecule has 1 amide bonds. The Kier molecular flexibility index (Phi) is 4.71. The fourth-order valence-corrected chi connectivity index (χ4v) is 1.46. The van der Waals surface area contributed by atoms with Gasteiger partial charge in [-0.25, -0.2) is 4.79 Å². The second-order valence-corrected chi connectivity index (χ2v) is 4.30. The molecule has 0 spiro atoms. The highest BCUT2D eigenvalue weighted by molar-refractivity contribution is 5.95. The maximum atomic E-state index is 11.6. The Morgan fingerprint density at radius 2 is 2.06 bits per heavy atom. The van der Waals surface area contributed by atoms with Crippen molar-refractivity contribution in [1.82, 2.24) is 0 Å². The summed E-state index contributed by atoms with van der Waals surface area (Å²) < 4.78 is 0. The van der Waals surface area contributed by atoms with Crippen LogP contribution in [-0.2, 0) is 4.79 Å². The van der Waals surface area contributed by atoms with Gasteiger partial charge in [-0.15, -0.1) is 0 Å². The first kappa shape index (κ1) is 14.0. The molecule has 0 saturated carbocycles. The van der Waals surface area contributed by atoms with Gasteiger partial charge in [0.05, 0.1) is 0 Å². The number of aromatic carboxylic acids is 1. The second-order valence-electron chi connectivity index (χ2n) is 4.30. The molecule has 0 fully saturated rings. The highest BCUT2D eigenvalue weighted by Gasteiger charge is 2.12. The van der Waals surface area contributed by atoms with Crippen molar-refractivity contribution in [1.29, 1.82) is 0 Å². The number of phenols is 1. The zero-order valence-electron chi connectivity index (χ0n) is 10.4. The number of carboxylic acids is 1. The number of carboxylic acid groups (broad SMARTS) is 1. The summed E-state index contributed by atoms with van der Waals surface area (Å²) in [6.45, 7) is 3.97. The molecule has 1 aromatic carbocycles. The van der Waals surface area contributed by atoms with Gasteiger partial charge in [0.2, 0.25) is 5.91 Å². The van der Waals surface area contributed by atoms with Crippen molar-refractivity contribution in [2.75, 3.05) is 5.32 Å². The fraction of sp³-hybridized carbons (Fsp3) is 0.385. The summed E-state index contributed by atoms with van der Waals surface area (Å²) in [5, 5.41) is 20.8. The number of nitrogens with one attached hydrogen (secondary N) is 1. The van der Waals surface area contributed by atoms with Crippen LogP contribution < -0.4 is 5.32 Å². The van der Waals surface area contributed by atoms with Crippen LogP contribution in [0.3, 0.4) is 0 Å². The van der Waals surface area contributed by atoms with E-state index in [2.05, 4.69) is 5.32 Å². The van der Waals surface area contributed by atoms with Crippen LogP contribution in [0.25, 0.3) is 0 Å². The van der Waals surface area contributed by atoms with Crippen LogP contribution in [0.4, 0.5) is 5.69 Å². The molecule has 0 heterocycles. The molecule has 0 bridgehead atoms. The third kappa shape index (κ3) is 3.76. The van der Waals surface area contributed by atoms with E-state index < -0.39 is 5.97 Å². The normalized spacial score (nSPS) is 11.9. The number of anilines is 1. The Labute approximate surface area is 105 Å². The first-order chi connectivity index (χ1) is 8.43. The quantitative estimate of drug-likeness (QED) is 0.701. The number of aromatic hydroxyl groups is 1. The molecule has 1 aromatic rings. The van der Waals surface area contributed by atoms with Gasteiger partial charge >= 0.3 is 5.97 Å². The van der Waals surface area contributed by atoms with Crippen molar-refractivity contribution in [2.45, 2.75) is 26.7 Å². The molecule has 98 valence electrons. The minimum absolute atomic E-state index is 0.161. The summed E-state index contributed by atoms with van der Waals surface area (Å²) in [5.41, 5.74) is 0.148. The molecule has 0 aliphatic carbocycles. The summed E-state index contributed by atoms with van der Waals surface area (Å²) in [6, 6.07) is 3.96. The zero-order chi connectivity index (χ0) is 13.7. The van der Waals surface area contributed by atoms with Gasteiger partial charge in [-0.1, -0.05) is 20.3 Å². The van der Waals surface area contributed by atoms with Gasteiger partial charge in [-0.05, 0) is 24.1 Å². The highest BCUT2D eigenvalue weighted by atomic mass is 16.4. The molecular weight excluding hydrogens is 234 g/mol. The highest BCUT2D eigenvalue weighted by Crippen LogP contribution is 2.21. The molecule has 0 radical (unpaired) electrons. The molecule has 5 nitrogen and oxygen atoms in total.